The van der Waals surface area contributed by atoms with E-state index in [9.17, 15) is 71.9 Å². The van der Waals surface area contributed by atoms with Crippen molar-refractivity contribution in [3.8, 4) is 0 Å². The predicted molar refractivity (Wildman–Crippen MR) is 469 cm³/mol. The molecule has 15 amide bonds. The molecular formula is C85H127N25O15. The Morgan fingerprint density at radius 3 is 1.24 bits per heavy atom. The Bertz CT molecular complexity index is 4410. The van der Waals surface area contributed by atoms with Crippen molar-refractivity contribution in [3.63, 3.8) is 0 Å². The van der Waals surface area contributed by atoms with Crippen molar-refractivity contribution < 1.29 is 71.9 Å². The molecule has 5 aromatic rings. The summed E-state index contributed by atoms with van der Waals surface area (Å²) in [6.07, 6.45) is 2.33. The predicted octanol–water partition coefficient (Wildman–Crippen LogP) is -3.41. The van der Waals surface area contributed by atoms with Crippen LogP contribution in [0.4, 0.5) is 0 Å². The Hall–Kier alpha value is -13.1. The Morgan fingerprint density at radius 2 is 0.768 bits per heavy atom. The number of primary amides is 2. The van der Waals surface area contributed by atoms with Gasteiger partial charge in [0.25, 0.3) is 0 Å². The summed E-state index contributed by atoms with van der Waals surface area (Å²) in [4.78, 5) is 214. The lowest BCUT2D eigenvalue weighted by molar-refractivity contribution is -0.136. The third-order valence-electron chi connectivity index (χ3n) is 20.4. The van der Waals surface area contributed by atoms with Gasteiger partial charge in [0.1, 0.15) is 66.5 Å². The van der Waals surface area contributed by atoms with Crippen molar-refractivity contribution in [2.75, 3.05) is 39.3 Å². The van der Waals surface area contributed by atoms with Gasteiger partial charge in [0.15, 0.2) is 11.9 Å². The number of aromatic amines is 1. The first-order chi connectivity index (χ1) is 59.6. The van der Waals surface area contributed by atoms with Crippen molar-refractivity contribution >= 4 is 111 Å². The molecule has 0 aliphatic carbocycles. The van der Waals surface area contributed by atoms with Gasteiger partial charge in [0.2, 0.25) is 88.6 Å². The molecule has 125 heavy (non-hydrogen) atoms. The molecule has 13 atom stereocenters. The number of H-pyrrole nitrogens is 1. The minimum atomic E-state index is -1.61. The normalized spacial score (nSPS) is 14.2. The topological polar surface area (TPSA) is 682 Å². The second kappa shape index (κ2) is 54.4. The Labute approximate surface area is 726 Å². The van der Waals surface area contributed by atoms with Crippen LogP contribution in [0.1, 0.15) is 140 Å². The average molecular weight is 1740 g/mol. The van der Waals surface area contributed by atoms with Gasteiger partial charge in [-0.3, -0.25) is 82.7 Å². The van der Waals surface area contributed by atoms with Crippen LogP contribution in [0.3, 0.4) is 0 Å². The maximum absolute atomic E-state index is 14.9. The highest BCUT2D eigenvalue weighted by molar-refractivity contribution is 6.01. The molecule has 32 N–H and O–H groups in total. The van der Waals surface area contributed by atoms with Gasteiger partial charge in [-0.1, -0.05) is 143 Å². The summed E-state index contributed by atoms with van der Waals surface area (Å²) in [5.41, 5.74) is 43.1. The van der Waals surface area contributed by atoms with E-state index < -0.39 is 187 Å². The standard InChI is InChI=1S/C85H127N25O15/c1-6-50(4)71(83(125)105-62(35-23-39-96-85(93)94)77(119)108-64(74(116)98-47-69(90)112)42-53-26-12-8-13-27-53)110-78(120)60(33-19-21-37-87)103-81(123)66(44-55-46-97-58-31-17-16-30-56(55)58)101-70(113)48-99-72(114)51(5)100-75(117)59(32-18-20-36-86)102-79(121)63(40-49(2)3)107-76(118)61(34-22-38-95-84(91)92)104-80(122)65(43-54-28-14-9-15-29-54)109-82(124)67(45-68(89)111)106-73(115)57(88)41-52-24-10-7-11-25-52/h7-17,24-31,46,49-51,57,59-67,71,97H,6,18-23,32-45,47-48,86-88H2,1-5H3,(H2,89,111)(H2,90,112)(H,98,116)(H,99,114)(H,100,117)(H,101,113)(H,102,121)(H,103,123)(H,104,122)(H,105,125)(H,106,115)(H,107,118)(H,108,119)(H,109,124)(H,110,120)(H4,91,92,95)(H4,93,94,96)/t50-,51-,57-,59-,60-,61-,62-,63-,64-,65-,66-,67-,71-/m0/s1. The lowest BCUT2D eigenvalue weighted by Gasteiger charge is -2.29. The van der Waals surface area contributed by atoms with Gasteiger partial charge in [-0.05, 0) is 137 Å². The SMILES string of the molecule is CC[C@H](C)[C@H](NC(=O)[C@H](CCCCN)NC(=O)[C@H](Cc1c[nH]c2ccccc12)NC(=O)CNC(=O)[C@H](C)NC(=O)[C@H](CCCCN)NC(=O)[C@H](CC(C)C)NC(=O)[C@H](CCCNC(=N)N)NC(=O)[C@H](Cc1ccccc1)NC(=O)[C@H](CC(N)=O)NC(=O)[C@@H](N)Cc1ccccc1)C(=O)N[C@@H](CCCNC(=N)N)C(=O)N[C@@H](Cc1ccccc1)C(=O)NCC(N)=O. The zero-order chi connectivity index (χ0) is 92.1. The lowest BCUT2D eigenvalue weighted by Crippen LogP contribution is -2.61. The van der Waals surface area contributed by atoms with E-state index in [1.165, 1.54) is 6.92 Å². The average Bonchev–Trinajstić information content (AvgIpc) is 1.69. The van der Waals surface area contributed by atoms with Gasteiger partial charge < -0.3 is 125 Å². The largest absolute Gasteiger partial charge is 0.370 e. The van der Waals surface area contributed by atoms with Crippen LogP contribution < -0.4 is 120 Å². The maximum atomic E-state index is 14.9. The first-order valence-corrected chi connectivity index (χ1v) is 42.0. The second-order valence-corrected chi connectivity index (χ2v) is 31.2. The smallest absolute Gasteiger partial charge is 0.243 e. The number of hydrogen-bond acceptors (Lipinski definition) is 20. The molecule has 0 fully saturated rings. The molecule has 5 rings (SSSR count). The number of carbonyl (C=O) groups is 15. The van der Waals surface area contributed by atoms with Gasteiger partial charge >= 0.3 is 0 Å². The molecular weight excluding hydrogens is 1610 g/mol. The van der Waals surface area contributed by atoms with Crippen molar-refractivity contribution in [3.05, 3.63) is 144 Å². The summed E-state index contributed by atoms with van der Waals surface area (Å²) in [7, 11) is 0. The lowest BCUT2D eigenvalue weighted by atomic mass is 9.96. The van der Waals surface area contributed by atoms with Gasteiger partial charge in [0, 0.05) is 49.5 Å². The minimum Gasteiger partial charge on any atom is -0.370 e. The van der Waals surface area contributed by atoms with Crippen LogP contribution in [0.2, 0.25) is 0 Å². The second-order valence-electron chi connectivity index (χ2n) is 31.2. The van der Waals surface area contributed by atoms with E-state index in [-0.39, 0.29) is 121 Å². The summed E-state index contributed by atoms with van der Waals surface area (Å²) in [5.74, 6) is -14.5. The molecule has 0 unspecified atom stereocenters. The van der Waals surface area contributed by atoms with Crippen LogP contribution in [-0.4, -0.2) is 217 Å². The number of para-hydroxylation sites is 1. The summed E-state index contributed by atoms with van der Waals surface area (Å²) in [6, 6.07) is 16.4. The number of benzene rings is 4. The molecule has 40 nitrogen and oxygen atoms in total. The van der Waals surface area contributed by atoms with Crippen LogP contribution in [-0.2, 0) is 97.6 Å². The van der Waals surface area contributed by atoms with E-state index in [0.29, 0.717) is 58.8 Å². The molecule has 1 aromatic heterocycles. The van der Waals surface area contributed by atoms with Crippen molar-refractivity contribution in [1.29, 1.82) is 10.8 Å². The molecule has 0 spiro atoms. The van der Waals surface area contributed by atoms with Crippen LogP contribution in [0.15, 0.2) is 121 Å². The highest BCUT2D eigenvalue weighted by Gasteiger charge is 2.38. The highest BCUT2D eigenvalue weighted by atomic mass is 16.2. The summed E-state index contributed by atoms with van der Waals surface area (Å²) in [5, 5.41) is 55.7. The van der Waals surface area contributed by atoms with Gasteiger partial charge in [0.05, 0.1) is 25.6 Å². The molecule has 1 heterocycles. The third kappa shape index (κ3) is 37.6. The number of hydrogen-bond donors (Lipinski definition) is 25. The number of amides is 15. The van der Waals surface area contributed by atoms with E-state index in [0.717, 1.165) is 0 Å². The molecule has 0 saturated carbocycles. The van der Waals surface area contributed by atoms with Gasteiger partial charge in [-0.25, -0.2) is 0 Å². The molecule has 4 aromatic carbocycles. The number of carbonyl (C=O) groups excluding carboxylic acids is 15. The Balaban J connectivity index is 1.34. The molecule has 0 aliphatic heterocycles. The van der Waals surface area contributed by atoms with Crippen LogP contribution in [0.5, 0.6) is 0 Å². The first-order valence-electron chi connectivity index (χ1n) is 42.0. The zero-order valence-corrected chi connectivity index (χ0v) is 71.6. The van der Waals surface area contributed by atoms with Crippen molar-refractivity contribution in [1.82, 2.24) is 84.7 Å². The number of fused-ring (bicyclic) bond motifs is 1. The summed E-state index contributed by atoms with van der Waals surface area (Å²) >= 11 is 0. The number of unbranched alkanes of at least 4 members (excludes halogenated alkanes) is 2. The van der Waals surface area contributed by atoms with Gasteiger partial charge in [-0.15, -0.1) is 0 Å². The van der Waals surface area contributed by atoms with Crippen LogP contribution in [0, 0.1) is 22.7 Å². The molecule has 40 heteroatoms. The first kappa shape index (κ1) is 102. The van der Waals surface area contributed by atoms with E-state index in [1.54, 1.807) is 149 Å². The molecule has 682 valence electrons. The van der Waals surface area contributed by atoms with E-state index in [4.69, 9.17) is 51.0 Å². The zero-order valence-electron chi connectivity index (χ0n) is 71.6. The number of rotatable bonds is 57. The Morgan fingerprint density at radius 1 is 0.376 bits per heavy atom. The highest BCUT2D eigenvalue weighted by Crippen LogP contribution is 2.21. The summed E-state index contributed by atoms with van der Waals surface area (Å²) < 4.78 is 0. The van der Waals surface area contributed by atoms with Gasteiger partial charge in [-0.2, -0.15) is 0 Å². The summed E-state index contributed by atoms with van der Waals surface area (Å²) in [6.45, 7) is 7.56. The fraction of sp³-hybridized carbons (Fsp3) is 0.494. The number of guanidine groups is 2. The number of nitrogens with one attached hydrogen (secondary N) is 18. The monoisotopic (exact) mass is 1740 g/mol. The fourth-order valence-corrected chi connectivity index (χ4v) is 13.4. The number of nitrogens with two attached hydrogens (primary N) is 7. The Kier molecular flexibility index (Phi) is 44.6. The van der Waals surface area contributed by atoms with Crippen molar-refractivity contribution in [2.45, 2.75) is 216 Å². The maximum Gasteiger partial charge on any atom is 0.243 e. The van der Waals surface area contributed by atoms with E-state index in [1.807, 2.05) is 0 Å². The number of aromatic nitrogens is 1. The quantitative estimate of drug-likeness (QED) is 0.0102. The van der Waals surface area contributed by atoms with Crippen LogP contribution in [0.25, 0.3) is 10.9 Å². The molecule has 0 saturated heterocycles. The van der Waals surface area contributed by atoms with Crippen molar-refractivity contribution in [2.24, 2.45) is 52.0 Å². The molecule has 0 radical (unpaired) electrons. The minimum absolute atomic E-state index is 0.0196. The third-order valence-corrected chi connectivity index (χ3v) is 20.4. The molecule has 0 bridgehead atoms. The molecule has 0 aliphatic rings. The van der Waals surface area contributed by atoms with E-state index in [2.05, 4.69) is 84.7 Å². The van der Waals surface area contributed by atoms with Crippen LogP contribution >= 0.6 is 0 Å². The van der Waals surface area contributed by atoms with E-state index >= 15 is 0 Å². The fourth-order valence-electron chi connectivity index (χ4n) is 13.4.